The Hall–Kier alpha value is -1.30. The summed E-state index contributed by atoms with van der Waals surface area (Å²) in [5, 5.41) is 9.54. The van der Waals surface area contributed by atoms with Crippen molar-refractivity contribution in [2.45, 2.75) is 6.92 Å². The van der Waals surface area contributed by atoms with E-state index in [9.17, 15) is 4.79 Å². The Labute approximate surface area is 130 Å². The van der Waals surface area contributed by atoms with Crippen molar-refractivity contribution in [2.75, 3.05) is 45.9 Å². The molecule has 0 aliphatic carbocycles. The highest BCUT2D eigenvalue weighted by molar-refractivity contribution is 6.31. The maximum atomic E-state index is 12.1. The first-order valence-electron chi connectivity index (χ1n) is 7.10. The Morgan fingerprint density at radius 1 is 1.33 bits per heavy atom. The Morgan fingerprint density at radius 3 is 2.71 bits per heavy atom. The van der Waals surface area contributed by atoms with Crippen LogP contribution in [0.25, 0.3) is 0 Å². The number of ether oxygens (including phenoxy) is 1. The first-order chi connectivity index (χ1) is 10.1. The Kier molecular flexibility index (Phi) is 5.85. The van der Waals surface area contributed by atoms with Crippen molar-refractivity contribution in [3.63, 3.8) is 0 Å². The summed E-state index contributed by atoms with van der Waals surface area (Å²) in [4.78, 5) is 16.1. The van der Waals surface area contributed by atoms with Gasteiger partial charge in [0.1, 0.15) is 5.75 Å². The summed E-state index contributed by atoms with van der Waals surface area (Å²) in [5.74, 6) is 0.632. The number of rotatable bonds is 5. The van der Waals surface area contributed by atoms with Gasteiger partial charge in [-0.2, -0.15) is 0 Å². The van der Waals surface area contributed by atoms with Gasteiger partial charge in [0.25, 0.3) is 5.91 Å². The van der Waals surface area contributed by atoms with E-state index in [1.807, 2.05) is 19.1 Å². The van der Waals surface area contributed by atoms with Crippen LogP contribution in [0.4, 0.5) is 0 Å². The number of β-amino-alcohol motifs (C(OH)–C–C–N with tert-alkyl or cyclic N) is 1. The average Bonchev–Trinajstić information content (AvgIpc) is 2.49. The number of halogens is 1. The fourth-order valence-electron chi connectivity index (χ4n) is 2.34. The number of aliphatic hydroxyl groups is 1. The van der Waals surface area contributed by atoms with Gasteiger partial charge in [0.2, 0.25) is 0 Å². The van der Waals surface area contributed by atoms with Gasteiger partial charge >= 0.3 is 0 Å². The molecule has 1 heterocycles. The maximum Gasteiger partial charge on any atom is 0.260 e. The predicted octanol–water partition coefficient (Wildman–Crippen LogP) is 1.16. The number of piperazine rings is 1. The summed E-state index contributed by atoms with van der Waals surface area (Å²) in [6, 6.07) is 5.42. The fourth-order valence-corrected chi connectivity index (χ4v) is 2.50. The van der Waals surface area contributed by atoms with Crippen molar-refractivity contribution < 1.29 is 14.6 Å². The number of benzene rings is 1. The van der Waals surface area contributed by atoms with Gasteiger partial charge < -0.3 is 14.7 Å². The Morgan fingerprint density at radius 2 is 2.05 bits per heavy atom. The van der Waals surface area contributed by atoms with Gasteiger partial charge in [-0.25, -0.2) is 0 Å². The van der Waals surface area contributed by atoms with Gasteiger partial charge in [-0.1, -0.05) is 17.7 Å². The van der Waals surface area contributed by atoms with Crippen LogP contribution in [-0.4, -0.2) is 66.8 Å². The molecule has 1 amide bonds. The molecule has 0 aromatic heterocycles. The second-order valence-corrected chi connectivity index (χ2v) is 5.50. The lowest BCUT2D eigenvalue weighted by atomic mass is 10.2. The summed E-state index contributed by atoms with van der Waals surface area (Å²) < 4.78 is 5.58. The smallest absolute Gasteiger partial charge is 0.260 e. The molecular weight excluding hydrogens is 292 g/mol. The van der Waals surface area contributed by atoms with Gasteiger partial charge in [0.05, 0.1) is 6.61 Å². The van der Waals surface area contributed by atoms with Crippen LogP contribution in [0.3, 0.4) is 0 Å². The van der Waals surface area contributed by atoms with Crippen LogP contribution in [-0.2, 0) is 4.79 Å². The van der Waals surface area contributed by atoms with E-state index in [1.165, 1.54) is 0 Å². The lowest BCUT2D eigenvalue weighted by Gasteiger charge is -2.34. The highest BCUT2D eigenvalue weighted by Gasteiger charge is 2.21. The maximum absolute atomic E-state index is 12.1. The molecule has 1 aliphatic rings. The van der Waals surface area contributed by atoms with E-state index in [1.54, 1.807) is 11.0 Å². The van der Waals surface area contributed by atoms with E-state index < -0.39 is 0 Å². The molecule has 1 aliphatic heterocycles. The van der Waals surface area contributed by atoms with Crippen molar-refractivity contribution in [3.8, 4) is 5.75 Å². The average molecular weight is 313 g/mol. The van der Waals surface area contributed by atoms with Crippen LogP contribution >= 0.6 is 11.6 Å². The topological polar surface area (TPSA) is 53.0 Å². The summed E-state index contributed by atoms with van der Waals surface area (Å²) in [7, 11) is 0. The van der Waals surface area contributed by atoms with Gasteiger partial charge in [-0.05, 0) is 19.1 Å². The molecule has 2 rings (SSSR count). The van der Waals surface area contributed by atoms with E-state index in [-0.39, 0.29) is 19.1 Å². The second-order valence-electron chi connectivity index (χ2n) is 5.10. The summed E-state index contributed by atoms with van der Waals surface area (Å²) in [6.45, 7) is 5.67. The number of carbonyl (C=O) groups is 1. The van der Waals surface area contributed by atoms with Gasteiger partial charge in [0, 0.05) is 43.3 Å². The minimum atomic E-state index is -0.0157. The van der Waals surface area contributed by atoms with Crippen LogP contribution < -0.4 is 4.74 Å². The van der Waals surface area contributed by atoms with Crippen molar-refractivity contribution in [1.29, 1.82) is 0 Å². The number of aliphatic hydroxyl groups excluding tert-OH is 1. The number of carbonyl (C=O) groups excluding carboxylic acids is 1. The largest absolute Gasteiger partial charge is 0.483 e. The molecule has 0 saturated carbocycles. The van der Waals surface area contributed by atoms with Crippen LogP contribution in [0, 0.1) is 6.92 Å². The Bertz CT molecular complexity index is 488. The van der Waals surface area contributed by atoms with Crippen molar-refractivity contribution in [2.24, 2.45) is 0 Å². The molecule has 21 heavy (non-hydrogen) atoms. The van der Waals surface area contributed by atoms with E-state index in [2.05, 4.69) is 4.90 Å². The molecule has 1 N–H and O–H groups in total. The van der Waals surface area contributed by atoms with Crippen molar-refractivity contribution >= 4 is 17.5 Å². The minimum absolute atomic E-state index is 0.0157. The van der Waals surface area contributed by atoms with Crippen LogP contribution in [0.2, 0.25) is 5.02 Å². The normalized spacial score (nSPS) is 16.0. The van der Waals surface area contributed by atoms with Crippen molar-refractivity contribution in [1.82, 2.24) is 9.80 Å². The molecule has 0 unspecified atom stereocenters. The van der Waals surface area contributed by atoms with Gasteiger partial charge in [-0.3, -0.25) is 9.69 Å². The quantitative estimate of drug-likeness (QED) is 0.886. The van der Waals surface area contributed by atoms with Gasteiger partial charge in [0.15, 0.2) is 6.61 Å². The second kappa shape index (κ2) is 7.64. The summed E-state index contributed by atoms with van der Waals surface area (Å²) in [5.41, 5.74) is 0.847. The summed E-state index contributed by atoms with van der Waals surface area (Å²) in [6.07, 6.45) is 0. The SMILES string of the molecule is Cc1c(Cl)cccc1OCC(=O)N1CCN(CCO)CC1. The predicted molar refractivity (Wildman–Crippen MR) is 81.8 cm³/mol. The molecular formula is C15H21ClN2O3. The minimum Gasteiger partial charge on any atom is -0.483 e. The molecule has 1 saturated heterocycles. The first kappa shape index (κ1) is 16.1. The van der Waals surface area contributed by atoms with Crippen LogP contribution in [0.1, 0.15) is 5.56 Å². The van der Waals surface area contributed by atoms with Crippen LogP contribution in [0.5, 0.6) is 5.75 Å². The molecule has 5 nitrogen and oxygen atoms in total. The highest BCUT2D eigenvalue weighted by Crippen LogP contribution is 2.24. The van der Waals surface area contributed by atoms with E-state index in [4.69, 9.17) is 21.4 Å². The lowest BCUT2D eigenvalue weighted by Crippen LogP contribution is -2.50. The third-order valence-electron chi connectivity index (χ3n) is 3.71. The third-order valence-corrected chi connectivity index (χ3v) is 4.12. The zero-order valence-electron chi connectivity index (χ0n) is 12.2. The third kappa shape index (κ3) is 4.33. The highest BCUT2D eigenvalue weighted by atomic mass is 35.5. The molecule has 116 valence electrons. The molecule has 0 bridgehead atoms. The van der Waals surface area contributed by atoms with E-state index in [0.29, 0.717) is 30.4 Å². The zero-order valence-corrected chi connectivity index (χ0v) is 13.0. The Balaban J connectivity index is 1.81. The molecule has 1 fully saturated rings. The van der Waals surface area contributed by atoms with Crippen molar-refractivity contribution in [3.05, 3.63) is 28.8 Å². The van der Waals surface area contributed by atoms with E-state index in [0.717, 1.165) is 18.7 Å². The van der Waals surface area contributed by atoms with E-state index >= 15 is 0 Å². The van der Waals surface area contributed by atoms with Gasteiger partial charge in [-0.15, -0.1) is 0 Å². The lowest BCUT2D eigenvalue weighted by molar-refractivity contribution is -0.135. The summed E-state index contributed by atoms with van der Waals surface area (Å²) >= 11 is 6.02. The first-order valence-corrected chi connectivity index (χ1v) is 7.48. The molecule has 0 spiro atoms. The number of nitrogens with zero attached hydrogens (tertiary/aromatic N) is 2. The number of amides is 1. The monoisotopic (exact) mass is 312 g/mol. The zero-order chi connectivity index (χ0) is 15.2. The number of hydrogen-bond donors (Lipinski definition) is 1. The fraction of sp³-hybridized carbons (Fsp3) is 0.533. The number of hydrogen-bond acceptors (Lipinski definition) is 4. The van der Waals surface area contributed by atoms with Crippen LogP contribution in [0.15, 0.2) is 18.2 Å². The molecule has 0 atom stereocenters. The molecule has 1 aromatic rings. The molecule has 1 aromatic carbocycles. The molecule has 0 radical (unpaired) electrons. The standard InChI is InChI=1S/C15H21ClN2O3/c1-12-13(16)3-2-4-14(12)21-11-15(20)18-7-5-17(6-8-18)9-10-19/h2-4,19H,5-11H2,1H3. The molecule has 6 heteroatoms.